The van der Waals surface area contributed by atoms with Gasteiger partial charge in [-0.15, -0.1) is 12.4 Å². The third-order valence-electron chi connectivity index (χ3n) is 4.87. The van der Waals surface area contributed by atoms with Crippen LogP contribution >= 0.6 is 39.7 Å². The minimum Gasteiger partial charge on any atom is -0.444 e. The van der Waals surface area contributed by atoms with E-state index < -0.39 is 0 Å². The van der Waals surface area contributed by atoms with Crippen LogP contribution in [0.25, 0.3) is 10.2 Å². The van der Waals surface area contributed by atoms with Crippen molar-refractivity contribution < 1.29 is 9.21 Å². The largest absolute Gasteiger partial charge is 0.444 e. The lowest BCUT2D eigenvalue weighted by atomic mass is 10.1. The van der Waals surface area contributed by atoms with E-state index in [1.807, 2.05) is 0 Å². The number of fused-ring (bicyclic) bond motifs is 1. The Balaban J connectivity index is 0.00000280. The topological polar surface area (TPSA) is 49.6 Å². The van der Waals surface area contributed by atoms with Crippen molar-refractivity contribution in [2.45, 2.75) is 27.7 Å². The van der Waals surface area contributed by atoms with Crippen molar-refractivity contribution >= 4 is 60.9 Å². The number of hydrogen-bond donors (Lipinski definition) is 0. The van der Waals surface area contributed by atoms with Gasteiger partial charge < -0.3 is 9.32 Å². The Bertz CT molecular complexity index is 952. The van der Waals surface area contributed by atoms with Crippen molar-refractivity contribution in [1.82, 2.24) is 9.88 Å². The summed E-state index contributed by atoms with van der Waals surface area (Å²) >= 11 is 4.82. The predicted octanol–water partition coefficient (Wildman–Crippen LogP) is 5.68. The highest BCUT2D eigenvalue weighted by molar-refractivity contribution is 9.10. The minimum absolute atomic E-state index is 0. The van der Waals surface area contributed by atoms with Gasteiger partial charge in [0.05, 0.1) is 10.2 Å². The molecule has 1 aromatic carbocycles. The van der Waals surface area contributed by atoms with Gasteiger partial charge in [-0.1, -0.05) is 31.3 Å². The maximum atomic E-state index is 13.1. The van der Waals surface area contributed by atoms with Crippen molar-refractivity contribution in [3.8, 4) is 0 Å². The number of amides is 1. The summed E-state index contributed by atoms with van der Waals surface area (Å²) in [6, 6.07) is 7.61. The van der Waals surface area contributed by atoms with Crippen molar-refractivity contribution in [2.24, 2.45) is 0 Å². The molecule has 0 N–H and O–H groups in total. The van der Waals surface area contributed by atoms with Gasteiger partial charge in [0.1, 0.15) is 0 Å². The summed E-state index contributed by atoms with van der Waals surface area (Å²) in [7, 11) is 0. The number of aromatic nitrogens is 1. The molecule has 0 saturated heterocycles. The zero-order valence-electron chi connectivity index (χ0n) is 16.5. The zero-order chi connectivity index (χ0) is 19.6. The Kier molecular flexibility index (Phi) is 8.07. The van der Waals surface area contributed by atoms with Crippen LogP contribution in [0.2, 0.25) is 0 Å². The fourth-order valence-electron chi connectivity index (χ4n) is 2.96. The molecule has 0 spiro atoms. The second-order valence-corrected chi connectivity index (χ2v) is 8.23. The van der Waals surface area contributed by atoms with Crippen LogP contribution in [0.5, 0.6) is 0 Å². The normalized spacial score (nSPS) is 11.1. The summed E-state index contributed by atoms with van der Waals surface area (Å²) in [5, 5.41) is 0.711. The number of carbonyl (C=O) groups excluding carboxylic acids is 1. The first-order chi connectivity index (χ1) is 12.9. The molecule has 2 heterocycles. The summed E-state index contributed by atoms with van der Waals surface area (Å²) < 4.78 is 7.15. The van der Waals surface area contributed by atoms with Crippen molar-refractivity contribution in [3.63, 3.8) is 0 Å². The maximum Gasteiger partial charge on any atom is 0.295 e. The van der Waals surface area contributed by atoms with Gasteiger partial charge in [0.25, 0.3) is 5.91 Å². The number of nitrogens with zero attached hydrogens (tertiary/aromatic N) is 3. The molecule has 5 nitrogen and oxygen atoms in total. The van der Waals surface area contributed by atoms with Crippen LogP contribution in [-0.2, 0) is 0 Å². The number of aryl methyl sites for hydroxylation is 2. The number of thiazole rings is 1. The number of furan rings is 1. The van der Waals surface area contributed by atoms with Crippen LogP contribution in [0.15, 0.2) is 33.4 Å². The second kappa shape index (κ2) is 9.87. The van der Waals surface area contributed by atoms with Crippen LogP contribution in [0.3, 0.4) is 0 Å². The zero-order valence-corrected chi connectivity index (χ0v) is 19.7. The lowest BCUT2D eigenvalue weighted by molar-refractivity contribution is 0.0956. The molecular formula is C20H25BrClN3O2S. The molecule has 0 aliphatic rings. The molecule has 0 aliphatic carbocycles. The Morgan fingerprint density at radius 2 is 1.86 bits per heavy atom. The number of carbonyl (C=O) groups is 1. The fourth-order valence-corrected chi connectivity index (χ4v) is 4.31. The fraction of sp³-hybridized carbons (Fsp3) is 0.400. The molecule has 0 radical (unpaired) electrons. The number of rotatable bonds is 7. The minimum atomic E-state index is -0.165. The molecule has 3 rings (SSSR count). The number of benzene rings is 1. The lowest BCUT2D eigenvalue weighted by Crippen LogP contribution is -2.38. The Morgan fingerprint density at radius 1 is 1.14 bits per heavy atom. The Hall–Kier alpha value is -1.41. The predicted molar refractivity (Wildman–Crippen MR) is 122 cm³/mol. The molecule has 0 atom stereocenters. The highest BCUT2D eigenvalue weighted by atomic mass is 79.9. The molecular weight excluding hydrogens is 462 g/mol. The third kappa shape index (κ3) is 4.76. The van der Waals surface area contributed by atoms with Gasteiger partial charge in [0.15, 0.2) is 15.6 Å². The van der Waals surface area contributed by atoms with Gasteiger partial charge in [0.2, 0.25) is 0 Å². The molecule has 3 aromatic rings. The van der Waals surface area contributed by atoms with Gasteiger partial charge in [-0.05, 0) is 72.2 Å². The smallest absolute Gasteiger partial charge is 0.295 e. The Labute approximate surface area is 184 Å². The van der Waals surface area contributed by atoms with Crippen LogP contribution in [-0.4, -0.2) is 42.0 Å². The molecule has 0 saturated carbocycles. The molecule has 0 bridgehead atoms. The number of anilines is 1. The van der Waals surface area contributed by atoms with Crippen molar-refractivity contribution in [2.75, 3.05) is 31.1 Å². The quantitative estimate of drug-likeness (QED) is 0.431. The summed E-state index contributed by atoms with van der Waals surface area (Å²) in [4.78, 5) is 22.0. The van der Waals surface area contributed by atoms with E-state index in [4.69, 9.17) is 9.40 Å². The molecule has 0 aliphatic heterocycles. The summed E-state index contributed by atoms with van der Waals surface area (Å²) in [5.74, 6) is 0.148. The van der Waals surface area contributed by atoms with Crippen LogP contribution in [0.1, 0.15) is 35.5 Å². The highest BCUT2D eigenvalue weighted by Gasteiger charge is 2.24. The summed E-state index contributed by atoms with van der Waals surface area (Å²) in [6.07, 6.45) is 0. The molecule has 0 fully saturated rings. The van der Waals surface area contributed by atoms with E-state index in [0.717, 1.165) is 35.4 Å². The SMILES string of the molecule is CCN(CC)CCN(C(=O)c1ccc(Br)o1)c1nc2c(C)c(C)ccc2s1.Cl. The van der Waals surface area contributed by atoms with E-state index in [0.29, 0.717) is 22.1 Å². The van der Waals surface area contributed by atoms with Crippen LogP contribution < -0.4 is 4.90 Å². The van der Waals surface area contributed by atoms with Gasteiger partial charge in [-0.2, -0.15) is 0 Å². The van der Waals surface area contributed by atoms with E-state index in [1.165, 1.54) is 5.56 Å². The van der Waals surface area contributed by atoms with Crippen molar-refractivity contribution in [3.05, 3.63) is 45.8 Å². The van der Waals surface area contributed by atoms with E-state index in [2.05, 4.69) is 60.7 Å². The molecule has 28 heavy (non-hydrogen) atoms. The monoisotopic (exact) mass is 485 g/mol. The maximum absolute atomic E-state index is 13.1. The van der Waals surface area contributed by atoms with Gasteiger partial charge in [-0.25, -0.2) is 4.98 Å². The summed E-state index contributed by atoms with van der Waals surface area (Å²) in [5.41, 5.74) is 3.33. The first kappa shape index (κ1) is 22.9. The summed E-state index contributed by atoms with van der Waals surface area (Å²) in [6.45, 7) is 11.7. The van der Waals surface area contributed by atoms with Crippen molar-refractivity contribution in [1.29, 1.82) is 0 Å². The van der Waals surface area contributed by atoms with E-state index in [9.17, 15) is 4.79 Å². The highest BCUT2D eigenvalue weighted by Crippen LogP contribution is 2.33. The van der Waals surface area contributed by atoms with E-state index in [1.54, 1.807) is 28.4 Å². The van der Waals surface area contributed by atoms with E-state index >= 15 is 0 Å². The average molecular weight is 487 g/mol. The van der Waals surface area contributed by atoms with Gasteiger partial charge in [0, 0.05) is 13.1 Å². The number of likely N-dealkylation sites (N-methyl/N-ethyl adjacent to an activating group) is 1. The number of halogens is 2. The molecule has 1 amide bonds. The Morgan fingerprint density at radius 3 is 2.46 bits per heavy atom. The van der Waals surface area contributed by atoms with E-state index in [-0.39, 0.29) is 18.3 Å². The van der Waals surface area contributed by atoms with Gasteiger partial charge >= 0.3 is 0 Å². The third-order valence-corrected chi connectivity index (χ3v) is 6.34. The molecule has 152 valence electrons. The first-order valence-corrected chi connectivity index (χ1v) is 10.7. The number of hydrogen-bond acceptors (Lipinski definition) is 5. The standard InChI is InChI=1S/C20H24BrN3O2S.ClH/c1-5-23(6-2)11-12-24(19(25)15-8-10-17(21)26-15)20-22-18-14(4)13(3)7-9-16(18)27-20;/h7-10H,5-6,11-12H2,1-4H3;1H. The second-order valence-electron chi connectivity index (χ2n) is 6.44. The molecule has 2 aromatic heterocycles. The average Bonchev–Trinajstić information content (AvgIpc) is 3.28. The lowest BCUT2D eigenvalue weighted by Gasteiger charge is -2.24. The van der Waals surface area contributed by atoms with Gasteiger partial charge in [-0.3, -0.25) is 9.69 Å². The van der Waals surface area contributed by atoms with Crippen LogP contribution in [0.4, 0.5) is 5.13 Å². The molecule has 0 unspecified atom stereocenters. The molecule has 8 heteroatoms. The first-order valence-electron chi connectivity index (χ1n) is 9.10. The van der Waals surface area contributed by atoms with Crippen LogP contribution in [0, 0.1) is 13.8 Å².